The average molecular weight is 491 g/mol. The van der Waals surface area contributed by atoms with E-state index in [-0.39, 0.29) is 23.8 Å². The van der Waals surface area contributed by atoms with Crippen LogP contribution in [0.25, 0.3) is 11.1 Å². The van der Waals surface area contributed by atoms with Crippen LogP contribution in [0.5, 0.6) is 0 Å². The van der Waals surface area contributed by atoms with Gasteiger partial charge in [0.2, 0.25) is 23.8 Å². The van der Waals surface area contributed by atoms with Gasteiger partial charge < -0.3 is 45.9 Å². The largest absolute Gasteiger partial charge is 0.369 e. The maximum Gasteiger partial charge on any atom is 0.211 e. The predicted octanol–water partition coefficient (Wildman–Crippen LogP) is -2.17. The summed E-state index contributed by atoms with van der Waals surface area (Å²) in [6.07, 6.45) is 2.63. The molecule has 0 heterocycles. The van der Waals surface area contributed by atoms with Crippen LogP contribution in [-0.2, 0) is 0 Å². The van der Waals surface area contributed by atoms with Crippen LogP contribution in [0.2, 0.25) is 0 Å². The second-order valence-electron chi connectivity index (χ2n) is 6.71. The van der Waals surface area contributed by atoms with Gasteiger partial charge in [0.25, 0.3) is 0 Å². The van der Waals surface area contributed by atoms with Crippen LogP contribution in [0.15, 0.2) is 89.3 Å². The highest BCUT2D eigenvalue weighted by atomic mass is 15.3. The van der Waals surface area contributed by atoms with Gasteiger partial charge in [0, 0.05) is 11.1 Å². The lowest BCUT2D eigenvalue weighted by Crippen LogP contribution is -2.22. The third-order valence-corrected chi connectivity index (χ3v) is 3.95. The number of hydrogen-bond donors (Lipinski definition) is 8. The molecule has 0 unspecified atom stereocenters. The van der Waals surface area contributed by atoms with Gasteiger partial charge in [0.1, 0.15) is 11.4 Å². The van der Waals surface area contributed by atoms with Gasteiger partial charge in [0.15, 0.2) is 0 Å². The van der Waals surface area contributed by atoms with Crippen molar-refractivity contribution in [2.45, 2.75) is 0 Å². The van der Waals surface area contributed by atoms with Crippen LogP contribution >= 0.6 is 0 Å². The fourth-order valence-electron chi connectivity index (χ4n) is 2.51. The van der Waals surface area contributed by atoms with Crippen LogP contribution < -0.4 is 45.9 Å². The summed E-state index contributed by atoms with van der Waals surface area (Å²) in [6, 6.07) is 14.7. The first-order valence-corrected chi connectivity index (χ1v) is 9.94. The Kier molecular flexibility index (Phi) is 9.58. The third kappa shape index (κ3) is 8.98. The number of nitrogens with zero attached hydrogens (tertiary/aromatic N) is 8. The maximum atomic E-state index is 5.36. The highest BCUT2D eigenvalue weighted by molar-refractivity contribution is 6.38. The van der Waals surface area contributed by atoms with Crippen LogP contribution in [-0.4, -0.2) is 47.7 Å². The van der Waals surface area contributed by atoms with E-state index in [1.54, 1.807) is 24.3 Å². The van der Waals surface area contributed by atoms with Gasteiger partial charge in [-0.1, -0.05) is 48.5 Å². The van der Waals surface area contributed by atoms with Crippen molar-refractivity contribution >= 4 is 47.7 Å². The summed E-state index contributed by atoms with van der Waals surface area (Å²) in [5.74, 6) is -0.850. The van der Waals surface area contributed by atoms with Gasteiger partial charge in [0.05, 0.1) is 12.4 Å². The third-order valence-electron chi connectivity index (χ3n) is 3.95. The summed E-state index contributed by atoms with van der Waals surface area (Å²) in [5.41, 5.74) is 46.3. The standard InChI is InChI=1S/C20H26N16/c21-17(22)33-29-9-15(31-35-19(25)26)13-5-1-11(2-6-13)12-3-7-14(8-4-12)16(32-36-20(27)28)10-30-34-18(23)24/h1-10H,(H4,21,22,33)(H4,23,24,34)(H4,25,26,35)(H4,27,28,36)/b29-9+,30-10+,31-15+,32-16+. The van der Waals surface area contributed by atoms with Crippen LogP contribution in [0.1, 0.15) is 11.1 Å². The molecule has 0 bridgehead atoms. The molecular formula is C20H26N16. The minimum absolute atomic E-state index is 0.208. The lowest BCUT2D eigenvalue weighted by atomic mass is 10.0. The quantitative estimate of drug-likeness (QED) is 0.108. The topological polar surface area (TPSA) is 307 Å². The van der Waals surface area contributed by atoms with Crippen molar-refractivity contribution in [3.05, 3.63) is 59.7 Å². The Bertz CT molecular complexity index is 1160. The fourth-order valence-corrected chi connectivity index (χ4v) is 2.51. The van der Waals surface area contributed by atoms with E-state index in [4.69, 9.17) is 45.9 Å². The summed E-state index contributed by atoms with van der Waals surface area (Å²) < 4.78 is 0. The Hall–Kier alpha value is -5.80. The molecule has 0 fully saturated rings. The zero-order valence-electron chi connectivity index (χ0n) is 19.0. The van der Waals surface area contributed by atoms with Crippen molar-refractivity contribution in [3.63, 3.8) is 0 Å². The SMILES string of the molecule is NC(N)=N/N=C(\C=N\N=C(N)N)c1ccc(-c2ccc(C(/C=N/N=C(N)N)=N/N=C(N)N)cc2)cc1. The van der Waals surface area contributed by atoms with Crippen molar-refractivity contribution < 1.29 is 0 Å². The van der Waals surface area contributed by atoms with Gasteiger partial charge in [-0.05, 0) is 11.1 Å². The first kappa shape index (κ1) is 26.5. The normalized spacial score (nSPS) is 11.8. The molecule has 16 N–H and O–H groups in total. The minimum atomic E-state index is -0.217. The van der Waals surface area contributed by atoms with Gasteiger partial charge in [-0.25, -0.2) is 0 Å². The van der Waals surface area contributed by atoms with E-state index in [2.05, 4.69) is 40.8 Å². The van der Waals surface area contributed by atoms with Crippen LogP contribution in [0.4, 0.5) is 0 Å². The van der Waals surface area contributed by atoms with E-state index in [0.29, 0.717) is 22.6 Å². The highest BCUT2D eigenvalue weighted by Gasteiger charge is 2.06. The van der Waals surface area contributed by atoms with Crippen molar-refractivity contribution in [1.29, 1.82) is 0 Å². The summed E-state index contributed by atoms with van der Waals surface area (Å²) in [7, 11) is 0. The van der Waals surface area contributed by atoms with Crippen molar-refractivity contribution in [2.75, 3.05) is 0 Å². The molecule has 0 amide bonds. The zero-order valence-corrected chi connectivity index (χ0v) is 19.0. The molecule has 0 aliphatic heterocycles. The van der Waals surface area contributed by atoms with Crippen molar-refractivity contribution in [2.24, 2.45) is 86.7 Å². The fraction of sp³-hybridized carbons (Fsp3) is 0. The Labute approximate surface area is 205 Å². The molecule has 0 atom stereocenters. The molecule has 186 valence electrons. The average Bonchev–Trinajstić information content (AvgIpc) is 2.83. The molecule has 0 aliphatic rings. The van der Waals surface area contributed by atoms with E-state index < -0.39 is 0 Å². The molecule has 0 spiro atoms. The molecule has 0 aromatic heterocycles. The van der Waals surface area contributed by atoms with Crippen LogP contribution in [0.3, 0.4) is 0 Å². The van der Waals surface area contributed by atoms with E-state index in [1.807, 2.05) is 24.3 Å². The Balaban J connectivity index is 2.34. The highest BCUT2D eigenvalue weighted by Crippen LogP contribution is 2.21. The summed E-state index contributed by atoms with van der Waals surface area (Å²) in [5, 5.41) is 29.8. The molecule has 0 aliphatic carbocycles. The second kappa shape index (κ2) is 13.0. The van der Waals surface area contributed by atoms with Crippen molar-refractivity contribution in [3.8, 4) is 11.1 Å². The molecular weight excluding hydrogens is 464 g/mol. The van der Waals surface area contributed by atoms with E-state index in [0.717, 1.165) is 11.1 Å². The lowest BCUT2D eigenvalue weighted by molar-refractivity contribution is 1.20. The Morgan fingerprint density at radius 3 is 1.00 bits per heavy atom. The summed E-state index contributed by atoms with van der Waals surface area (Å²) >= 11 is 0. The smallest absolute Gasteiger partial charge is 0.211 e. The van der Waals surface area contributed by atoms with E-state index >= 15 is 0 Å². The van der Waals surface area contributed by atoms with Gasteiger partial charge in [-0.3, -0.25) is 0 Å². The Morgan fingerprint density at radius 1 is 0.417 bits per heavy atom. The zero-order chi connectivity index (χ0) is 26.5. The van der Waals surface area contributed by atoms with Crippen LogP contribution in [0, 0.1) is 0 Å². The van der Waals surface area contributed by atoms with Gasteiger partial charge >= 0.3 is 0 Å². The molecule has 2 aromatic rings. The molecule has 2 rings (SSSR count). The van der Waals surface area contributed by atoms with Crippen molar-refractivity contribution in [1.82, 2.24) is 0 Å². The van der Waals surface area contributed by atoms with Gasteiger partial charge in [-0.15, -0.1) is 30.6 Å². The predicted molar refractivity (Wildman–Crippen MR) is 145 cm³/mol. The number of guanidine groups is 4. The molecule has 16 nitrogen and oxygen atoms in total. The Morgan fingerprint density at radius 2 is 0.722 bits per heavy atom. The first-order chi connectivity index (χ1) is 17.2. The van der Waals surface area contributed by atoms with E-state index in [9.17, 15) is 0 Å². The molecule has 0 radical (unpaired) electrons. The van der Waals surface area contributed by atoms with E-state index in [1.165, 1.54) is 12.4 Å². The molecule has 36 heavy (non-hydrogen) atoms. The lowest BCUT2D eigenvalue weighted by Gasteiger charge is -2.06. The monoisotopic (exact) mass is 490 g/mol. The summed E-state index contributed by atoms with van der Waals surface area (Å²) in [4.78, 5) is 0. The molecule has 2 aromatic carbocycles. The number of nitrogens with two attached hydrogens (primary N) is 8. The number of benzene rings is 2. The number of rotatable bonds is 9. The maximum absolute atomic E-state index is 5.36. The minimum Gasteiger partial charge on any atom is -0.369 e. The van der Waals surface area contributed by atoms with Gasteiger partial charge in [-0.2, -0.15) is 10.2 Å². The molecule has 0 saturated carbocycles. The first-order valence-electron chi connectivity index (χ1n) is 9.94. The molecule has 16 heteroatoms. The molecule has 0 saturated heterocycles. The summed E-state index contributed by atoms with van der Waals surface area (Å²) in [6.45, 7) is 0. The number of hydrogen-bond acceptors (Lipinski definition) is 8. The second-order valence-corrected chi connectivity index (χ2v) is 6.71.